The highest BCUT2D eigenvalue weighted by atomic mass is 35.5. The summed E-state index contributed by atoms with van der Waals surface area (Å²) < 4.78 is 4.84. The minimum Gasteiger partial charge on any atom is -0.465 e. The van der Waals surface area contributed by atoms with Gasteiger partial charge in [0.25, 0.3) is 0 Å². The molecule has 0 aliphatic carbocycles. The number of carbonyl (C=O) groups excluding carboxylic acids is 1. The van der Waals surface area contributed by atoms with Crippen LogP contribution in [-0.2, 0) is 4.74 Å². The van der Waals surface area contributed by atoms with E-state index in [4.69, 9.17) is 16.3 Å². The number of nitrogens with zero attached hydrogens (tertiary/aromatic N) is 1. The highest BCUT2D eigenvalue weighted by Gasteiger charge is 2.56. The summed E-state index contributed by atoms with van der Waals surface area (Å²) in [6.07, 6.45) is -1.02. The van der Waals surface area contributed by atoms with E-state index in [1.165, 1.54) is 11.8 Å². The molecule has 1 rings (SSSR count). The number of nitrogens with one attached hydrogen (secondary N) is 1. The SMILES string of the molecule is CCC1(C)N(C(=O)O)CCC(NC(=O)OCCCl)C1(C)O. The second-order valence-electron chi connectivity index (χ2n) is 5.52. The maximum absolute atomic E-state index is 11.6. The van der Waals surface area contributed by atoms with Gasteiger partial charge >= 0.3 is 12.2 Å². The average molecular weight is 323 g/mol. The third kappa shape index (κ3) is 3.35. The largest absolute Gasteiger partial charge is 0.465 e. The zero-order valence-corrected chi connectivity index (χ0v) is 13.3. The van der Waals surface area contributed by atoms with E-state index in [1.807, 2.05) is 0 Å². The lowest BCUT2D eigenvalue weighted by Crippen LogP contribution is -2.73. The maximum atomic E-state index is 11.6. The summed E-state index contributed by atoms with van der Waals surface area (Å²) in [6.45, 7) is 5.33. The molecule has 0 bridgehead atoms. The summed E-state index contributed by atoms with van der Waals surface area (Å²) in [5.74, 6) is 0.188. The van der Waals surface area contributed by atoms with Crippen molar-refractivity contribution in [3.05, 3.63) is 0 Å². The predicted octanol–water partition coefficient (Wildman–Crippen LogP) is 1.62. The number of carboxylic acid groups (broad SMARTS) is 1. The first kappa shape index (κ1) is 17.8. The fourth-order valence-electron chi connectivity index (χ4n) is 2.82. The van der Waals surface area contributed by atoms with Gasteiger partial charge in [-0.15, -0.1) is 11.6 Å². The van der Waals surface area contributed by atoms with Crippen LogP contribution in [0.5, 0.6) is 0 Å². The summed E-state index contributed by atoms with van der Waals surface area (Å²) in [6, 6.07) is -0.596. The van der Waals surface area contributed by atoms with Crippen molar-refractivity contribution in [3.8, 4) is 0 Å². The molecule has 0 saturated carbocycles. The second kappa shape index (κ2) is 6.70. The molecule has 21 heavy (non-hydrogen) atoms. The van der Waals surface area contributed by atoms with E-state index in [1.54, 1.807) is 13.8 Å². The van der Waals surface area contributed by atoms with E-state index in [0.717, 1.165) is 0 Å². The van der Waals surface area contributed by atoms with E-state index < -0.39 is 29.4 Å². The van der Waals surface area contributed by atoms with Crippen molar-refractivity contribution in [2.24, 2.45) is 0 Å². The number of ether oxygens (including phenoxy) is 1. The molecule has 0 spiro atoms. The van der Waals surface area contributed by atoms with Crippen molar-refractivity contribution in [3.63, 3.8) is 0 Å². The van der Waals surface area contributed by atoms with Gasteiger partial charge in [0.2, 0.25) is 0 Å². The van der Waals surface area contributed by atoms with Crippen molar-refractivity contribution >= 4 is 23.8 Å². The number of rotatable bonds is 4. The molecule has 122 valence electrons. The minimum atomic E-state index is -1.42. The number of likely N-dealkylation sites (tertiary alicyclic amines) is 1. The summed E-state index contributed by atoms with van der Waals surface area (Å²) in [5.41, 5.74) is -2.42. The van der Waals surface area contributed by atoms with Gasteiger partial charge in [-0.2, -0.15) is 0 Å². The predicted molar refractivity (Wildman–Crippen MR) is 77.7 cm³/mol. The average Bonchev–Trinajstić information content (AvgIpc) is 2.41. The van der Waals surface area contributed by atoms with Crippen molar-refractivity contribution in [1.82, 2.24) is 10.2 Å². The molecule has 1 aliphatic heterocycles. The Labute approximate surface area is 129 Å². The molecule has 0 radical (unpaired) electrons. The molecular formula is C13H23ClN2O5. The smallest absolute Gasteiger partial charge is 0.407 e. The zero-order valence-electron chi connectivity index (χ0n) is 12.6. The van der Waals surface area contributed by atoms with Gasteiger partial charge in [0.1, 0.15) is 12.2 Å². The molecule has 3 atom stereocenters. The van der Waals surface area contributed by atoms with E-state index in [9.17, 15) is 19.8 Å². The lowest BCUT2D eigenvalue weighted by atomic mass is 9.70. The number of piperidine rings is 1. The number of halogens is 1. The van der Waals surface area contributed by atoms with Crippen LogP contribution >= 0.6 is 11.6 Å². The first-order valence-corrected chi connectivity index (χ1v) is 7.46. The Bertz CT molecular complexity index is 404. The summed E-state index contributed by atoms with van der Waals surface area (Å²) in [5, 5.41) is 22.8. The molecule has 1 fully saturated rings. The van der Waals surface area contributed by atoms with Crippen LogP contribution in [-0.4, -0.2) is 63.5 Å². The number of alkyl carbamates (subject to hydrolysis) is 1. The van der Waals surface area contributed by atoms with Crippen LogP contribution in [0.3, 0.4) is 0 Å². The molecule has 2 amide bonds. The highest BCUT2D eigenvalue weighted by molar-refractivity contribution is 6.18. The van der Waals surface area contributed by atoms with Crippen LogP contribution in [0.2, 0.25) is 0 Å². The number of carbonyl (C=O) groups is 2. The quantitative estimate of drug-likeness (QED) is 0.683. The minimum absolute atomic E-state index is 0.0779. The van der Waals surface area contributed by atoms with E-state index in [0.29, 0.717) is 12.8 Å². The van der Waals surface area contributed by atoms with Crippen molar-refractivity contribution in [2.45, 2.75) is 50.8 Å². The lowest BCUT2D eigenvalue weighted by molar-refractivity contribution is -0.132. The number of hydrogen-bond donors (Lipinski definition) is 3. The van der Waals surface area contributed by atoms with Gasteiger partial charge < -0.3 is 20.3 Å². The molecule has 0 aromatic rings. The maximum Gasteiger partial charge on any atom is 0.407 e. The monoisotopic (exact) mass is 322 g/mol. The Balaban J connectivity index is 2.91. The van der Waals surface area contributed by atoms with Crippen LogP contribution < -0.4 is 5.32 Å². The summed E-state index contributed by atoms with van der Waals surface area (Å²) >= 11 is 5.44. The summed E-state index contributed by atoms with van der Waals surface area (Å²) in [7, 11) is 0. The second-order valence-corrected chi connectivity index (χ2v) is 5.90. The standard InChI is InChI=1S/C13H23ClN2O5/c1-4-12(2)13(3,20)9(5-7-16(12)11(18)19)15-10(17)21-8-6-14/h9,20H,4-8H2,1-3H3,(H,15,17)(H,18,19). The van der Waals surface area contributed by atoms with Crippen molar-refractivity contribution in [2.75, 3.05) is 19.0 Å². The molecule has 0 aromatic heterocycles. The fraction of sp³-hybridized carbons (Fsp3) is 0.846. The van der Waals surface area contributed by atoms with Gasteiger partial charge in [-0.3, -0.25) is 4.90 Å². The van der Waals surface area contributed by atoms with Crippen LogP contribution in [0, 0.1) is 0 Å². The zero-order chi connectivity index (χ0) is 16.3. The Hall–Kier alpha value is -1.21. The Morgan fingerprint density at radius 1 is 1.48 bits per heavy atom. The van der Waals surface area contributed by atoms with E-state index in [-0.39, 0.29) is 19.0 Å². The van der Waals surface area contributed by atoms with E-state index >= 15 is 0 Å². The van der Waals surface area contributed by atoms with Crippen LogP contribution in [0.25, 0.3) is 0 Å². The van der Waals surface area contributed by atoms with Gasteiger partial charge in [-0.1, -0.05) is 6.92 Å². The molecule has 3 N–H and O–H groups in total. The van der Waals surface area contributed by atoms with Crippen LogP contribution in [0.1, 0.15) is 33.6 Å². The first-order valence-electron chi connectivity index (χ1n) is 6.93. The third-order valence-electron chi connectivity index (χ3n) is 4.53. The van der Waals surface area contributed by atoms with Crippen LogP contribution in [0.4, 0.5) is 9.59 Å². The molecule has 0 aromatic carbocycles. The third-order valence-corrected chi connectivity index (χ3v) is 4.68. The number of amides is 2. The summed E-state index contributed by atoms with van der Waals surface area (Å²) in [4.78, 5) is 24.2. The number of aliphatic hydroxyl groups is 1. The molecule has 1 saturated heterocycles. The number of alkyl halides is 1. The number of hydrogen-bond acceptors (Lipinski definition) is 4. The highest BCUT2D eigenvalue weighted by Crippen LogP contribution is 2.39. The van der Waals surface area contributed by atoms with Crippen LogP contribution in [0.15, 0.2) is 0 Å². The fourth-order valence-corrected chi connectivity index (χ4v) is 2.90. The van der Waals surface area contributed by atoms with Gasteiger partial charge in [0, 0.05) is 6.54 Å². The Kier molecular flexibility index (Phi) is 5.69. The Morgan fingerprint density at radius 3 is 2.57 bits per heavy atom. The Morgan fingerprint density at radius 2 is 2.10 bits per heavy atom. The topological polar surface area (TPSA) is 99.1 Å². The first-order chi connectivity index (χ1) is 9.70. The molecule has 3 unspecified atom stereocenters. The van der Waals surface area contributed by atoms with Gasteiger partial charge in [-0.05, 0) is 26.7 Å². The molecule has 1 aliphatic rings. The van der Waals surface area contributed by atoms with Crippen molar-refractivity contribution < 1.29 is 24.5 Å². The molecule has 1 heterocycles. The van der Waals surface area contributed by atoms with E-state index in [2.05, 4.69) is 5.32 Å². The van der Waals surface area contributed by atoms with Crippen molar-refractivity contribution in [1.29, 1.82) is 0 Å². The van der Waals surface area contributed by atoms with Gasteiger partial charge in [0.05, 0.1) is 17.5 Å². The van der Waals surface area contributed by atoms with Gasteiger partial charge in [0.15, 0.2) is 0 Å². The van der Waals surface area contributed by atoms with Gasteiger partial charge in [-0.25, -0.2) is 9.59 Å². The molecule has 8 heteroatoms. The molecular weight excluding hydrogens is 300 g/mol. The lowest BCUT2D eigenvalue weighted by Gasteiger charge is -2.55. The molecule has 7 nitrogen and oxygen atoms in total. The normalized spacial score (nSPS) is 32.6.